The van der Waals surface area contributed by atoms with Gasteiger partial charge >= 0.3 is 6.18 Å². The molecule has 0 aromatic heterocycles. The van der Waals surface area contributed by atoms with Crippen LogP contribution in [-0.2, 0) is 12.7 Å². The maximum Gasteiger partial charge on any atom is 0.416 e. The van der Waals surface area contributed by atoms with E-state index in [0.29, 0.717) is 18.6 Å². The summed E-state index contributed by atoms with van der Waals surface area (Å²) in [7, 11) is 1.55. The number of nitrogens with zero attached hydrogens (tertiary/aromatic N) is 2. The Kier molecular flexibility index (Phi) is 8.68. The average Bonchev–Trinajstić information content (AvgIpc) is 2.57. The topological polar surface area (TPSA) is 39.7 Å². The Labute approximate surface area is 146 Å². The fraction of sp³-hybridized carbons (Fsp3) is 0.588. The zero-order valence-electron chi connectivity index (χ0n) is 14.9. The SMILES string of the molecule is CCN(CC)CCCNC(=NC)NCc1ccc(F)cc1C(F)(F)F. The number of hydrogen-bond donors (Lipinski definition) is 2. The van der Waals surface area contributed by atoms with Crippen molar-refractivity contribution < 1.29 is 17.6 Å². The summed E-state index contributed by atoms with van der Waals surface area (Å²) in [6.45, 7) is 7.66. The van der Waals surface area contributed by atoms with Gasteiger partial charge in [0, 0.05) is 20.1 Å². The maximum atomic E-state index is 13.1. The van der Waals surface area contributed by atoms with Gasteiger partial charge in [-0.25, -0.2) is 4.39 Å². The van der Waals surface area contributed by atoms with Crippen LogP contribution in [0.4, 0.5) is 17.6 Å². The molecular weight excluding hydrogens is 336 g/mol. The summed E-state index contributed by atoms with van der Waals surface area (Å²) >= 11 is 0. The van der Waals surface area contributed by atoms with E-state index in [-0.39, 0.29) is 12.1 Å². The van der Waals surface area contributed by atoms with Crippen molar-refractivity contribution >= 4 is 5.96 Å². The van der Waals surface area contributed by atoms with E-state index in [9.17, 15) is 17.6 Å². The van der Waals surface area contributed by atoms with E-state index in [1.807, 2.05) is 0 Å². The number of nitrogens with one attached hydrogen (secondary N) is 2. The number of aliphatic imine (C=N–C) groups is 1. The largest absolute Gasteiger partial charge is 0.416 e. The molecule has 0 aliphatic heterocycles. The van der Waals surface area contributed by atoms with Crippen LogP contribution in [0.5, 0.6) is 0 Å². The lowest BCUT2D eigenvalue weighted by Gasteiger charge is -2.19. The average molecular weight is 362 g/mol. The van der Waals surface area contributed by atoms with E-state index in [1.165, 1.54) is 0 Å². The summed E-state index contributed by atoms with van der Waals surface area (Å²) in [6.07, 6.45) is -3.70. The van der Waals surface area contributed by atoms with E-state index in [2.05, 4.69) is 34.4 Å². The molecule has 0 heterocycles. The standard InChI is InChI=1S/C17H26F4N4/c1-4-25(5-2)10-6-9-23-16(22-3)24-12-13-7-8-14(18)11-15(13)17(19,20)21/h7-8,11H,4-6,9-10,12H2,1-3H3,(H2,22,23,24). The molecule has 1 aromatic rings. The van der Waals surface area contributed by atoms with Crippen LogP contribution in [0.2, 0.25) is 0 Å². The molecule has 0 aliphatic carbocycles. The van der Waals surface area contributed by atoms with Crippen LogP contribution in [-0.4, -0.2) is 44.1 Å². The van der Waals surface area contributed by atoms with Gasteiger partial charge in [-0.05, 0) is 43.8 Å². The van der Waals surface area contributed by atoms with Gasteiger partial charge < -0.3 is 15.5 Å². The second-order valence-electron chi connectivity index (χ2n) is 5.53. The summed E-state index contributed by atoms with van der Waals surface area (Å²) in [5.41, 5.74) is -1.00. The molecule has 4 nitrogen and oxygen atoms in total. The second kappa shape index (κ2) is 10.2. The minimum atomic E-state index is -4.60. The van der Waals surface area contributed by atoms with Crippen molar-refractivity contribution in [1.82, 2.24) is 15.5 Å². The maximum absolute atomic E-state index is 13.1. The van der Waals surface area contributed by atoms with Gasteiger partial charge in [-0.1, -0.05) is 19.9 Å². The smallest absolute Gasteiger partial charge is 0.356 e. The molecule has 0 fully saturated rings. The fourth-order valence-electron chi connectivity index (χ4n) is 2.42. The monoisotopic (exact) mass is 362 g/mol. The highest BCUT2D eigenvalue weighted by atomic mass is 19.4. The molecule has 1 rings (SSSR count). The Morgan fingerprint density at radius 1 is 1.16 bits per heavy atom. The van der Waals surface area contributed by atoms with Crippen LogP contribution in [0.25, 0.3) is 0 Å². The van der Waals surface area contributed by atoms with E-state index >= 15 is 0 Å². The summed E-state index contributed by atoms with van der Waals surface area (Å²) in [5.74, 6) is -0.494. The van der Waals surface area contributed by atoms with Gasteiger partial charge in [0.25, 0.3) is 0 Å². The first-order chi connectivity index (χ1) is 11.8. The van der Waals surface area contributed by atoms with Crippen LogP contribution < -0.4 is 10.6 Å². The molecule has 1 aromatic carbocycles. The van der Waals surface area contributed by atoms with E-state index in [4.69, 9.17) is 0 Å². The van der Waals surface area contributed by atoms with Crippen LogP contribution in [0.15, 0.2) is 23.2 Å². The zero-order chi connectivity index (χ0) is 18.9. The Bertz CT molecular complexity index is 554. The predicted octanol–water partition coefficient (Wildman–Crippen LogP) is 3.24. The minimum Gasteiger partial charge on any atom is -0.356 e. The summed E-state index contributed by atoms with van der Waals surface area (Å²) in [6, 6.07) is 2.67. The number of guanidine groups is 1. The number of halogens is 4. The second-order valence-corrected chi connectivity index (χ2v) is 5.53. The number of rotatable bonds is 8. The van der Waals surface area contributed by atoms with E-state index in [0.717, 1.165) is 38.2 Å². The fourth-order valence-corrected chi connectivity index (χ4v) is 2.42. The Morgan fingerprint density at radius 2 is 1.84 bits per heavy atom. The van der Waals surface area contributed by atoms with Crippen LogP contribution in [0.1, 0.15) is 31.4 Å². The van der Waals surface area contributed by atoms with Crippen LogP contribution in [0.3, 0.4) is 0 Å². The van der Waals surface area contributed by atoms with Gasteiger partial charge in [0.05, 0.1) is 5.56 Å². The summed E-state index contributed by atoms with van der Waals surface area (Å²) in [5, 5.41) is 5.91. The van der Waals surface area contributed by atoms with Gasteiger partial charge in [-0.2, -0.15) is 13.2 Å². The first-order valence-corrected chi connectivity index (χ1v) is 8.34. The van der Waals surface area contributed by atoms with Crippen molar-refractivity contribution in [1.29, 1.82) is 0 Å². The van der Waals surface area contributed by atoms with Crippen molar-refractivity contribution in [2.75, 3.05) is 33.2 Å². The number of alkyl halides is 3. The van der Waals surface area contributed by atoms with Crippen molar-refractivity contribution in [2.45, 2.75) is 33.0 Å². The zero-order valence-corrected chi connectivity index (χ0v) is 14.9. The highest BCUT2D eigenvalue weighted by Gasteiger charge is 2.33. The first-order valence-electron chi connectivity index (χ1n) is 8.34. The van der Waals surface area contributed by atoms with Crippen LogP contribution >= 0.6 is 0 Å². The lowest BCUT2D eigenvalue weighted by Crippen LogP contribution is -2.38. The molecular formula is C17H26F4N4. The third-order valence-corrected chi connectivity index (χ3v) is 3.89. The summed E-state index contributed by atoms with van der Waals surface area (Å²) in [4.78, 5) is 6.28. The number of hydrogen-bond acceptors (Lipinski definition) is 2. The molecule has 142 valence electrons. The molecule has 25 heavy (non-hydrogen) atoms. The molecule has 2 N–H and O–H groups in total. The Hall–Kier alpha value is -1.83. The molecule has 0 unspecified atom stereocenters. The lowest BCUT2D eigenvalue weighted by atomic mass is 10.1. The Morgan fingerprint density at radius 3 is 2.40 bits per heavy atom. The van der Waals surface area contributed by atoms with Gasteiger partial charge in [0.15, 0.2) is 5.96 Å². The van der Waals surface area contributed by atoms with Crippen molar-refractivity contribution in [3.63, 3.8) is 0 Å². The van der Waals surface area contributed by atoms with E-state index in [1.54, 1.807) is 7.05 Å². The quantitative estimate of drug-likeness (QED) is 0.323. The normalized spacial score (nSPS) is 12.6. The molecule has 0 atom stereocenters. The highest BCUT2D eigenvalue weighted by molar-refractivity contribution is 5.79. The third-order valence-electron chi connectivity index (χ3n) is 3.89. The minimum absolute atomic E-state index is 0.0278. The van der Waals surface area contributed by atoms with Gasteiger partial charge in [0.2, 0.25) is 0 Å². The van der Waals surface area contributed by atoms with E-state index < -0.39 is 17.6 Å². The Balaban J connectivity index is 2.56. The lowest BCUT2D eigenvalue weighted by molar-refractivity contribution is -0.138. The molecule has 0 aliphatic rings. The molecule has 0 spiro atoms. The van der Waals surface area contributed by atoms with Gasteiger partial charge in [-0.3, -0.25) is 4.99 Å². The van der Waals surface area contributed by atoms with Crippen molar-refractivity contribution in [3.05, 3.63) is 35.1 Å². The van der Waals surface area contributed by atoms with Crippen molar-refractivity contribution in [3.8, 4) is 0 Å². The molecule has 8 heteroatoms. The molecule has 0 saturated carbocycles. The third kappa shape index (κ3) is 7.29. The molecule has 0 bridgehead atoms. The molecule has 0 radical (unpaired) electrons. The molecule has 0 amide bonds. The van der Waals surface area contributed by atoms with Gasteiger partial charge in [0.1, 0.15) is 5.82 Å². The predicted molar refractivity (Wildman–Crippen MR) is 92.0 cm³/mol. The molecule has 0 saturated heterocycles. The van der Waals surface area contributed by atoms with Gasteiger partial charge in [-0.15, -0.1) is 0 Å². The van der Waals surface area contributed by atoms with Crippen molar-refractivity contribution in [2.24, 2.45) is 4.99 Å². The first kappa shape index (κ1) is 21.2. The highest BCUT2D eigenvalue weighted by Crippen LogP contribution is 2.32. The van der Waals surface area contributed by atoms with Crippen LogP contribution in [0, 0.1) is 5.82 Å². The summed E-state index contributed by atoms with van der Waals surface area (Å²) < 4.78 is 52.1. The number of benzene rings is 1.